The molecule has 0 radical (unpaired) electrons. The van der Waals surface area contributed by atoms with Gasteiger partial charge in [0.25, 0.3) is 0 Å². The van der Waals surface area contributed by atoms with Crippen molar-refractivity contribution in [1.82, 2.24) is 20.2 Å². The van der Waals surface area contributed by atoms with Crippen LogP contribution >= 0.6 is 0 Å². The summed E-state index contributed by atoms with van der Waals surface area (Å²) in [6, 6.07) is 4.68. The molecule has 1 aromatic heterocycles. The van der Waals surface area contributed by atoms with Gasteiger partial charge in [0.05, 0.1) is 10.9 Å². The van der Waals surface area contributed by atoms with Gasteiger partial charge in [-0.15, -0.1) is 0 Å². The first-order chi connectivity index (χ1) is 15.1. The third-order valence-electron chi connectivity index (χ3n) is 5.49. The maximum atomic E-state index is 13.0. The largest absolute Gasteiger partial charge is 0.342 e. The minimum atomic E-state index is -3.95. The molecule has 1 aliphatic carbocycles. The smallest absolute Gasteiger partial charge is 0.241 e. The number of rotatable bonds is 7. The van der Waals surface area contributed by atoms with E-state index in [0.717, 1.165) is 25.7 Å². The van der Waals surface area contributed by atoms with Crippen molar-refractivity contribution in [3.05, 3.63) is 36.0 Å². The summed E-state index contributed by atoms with van der Waals surface area (Å²) in [6.45, 7) is 4.55. The number of hydrogen-bond acceptors (Lipinski definition) is 7. The van der Waals surface area contributed by atoms with Crippen molar-refractivity contribution in [3.8, 4) is 0 Å². The van der Waals surface area contributed by atoms with Gasteiger partial charge in [-0.05, 0) is 44.0 Å². The van der Waals surface area contributed by atoms with Crippen LogP contribution in [0.3, 0.4) is 0 Å². The third kappa shape index (κ3) is 5.71. The molecule has 3 rings (SSSR count). The zero-order valence-electron chi connectivity index (χ0n) is 18.5. The van der Waals surface area contributed by atoms with E-state index in [4.69, 9.17) is 4.52 Å². The van der Waals surface area contributed by atoms with Gasteiger partial charge in [-0.3, -0.25) is 9.59 Å². The van der Waals surface area contributed by atoms with E-state index in [9.17, 15) is 18.0 Å². The monoisotopic (exact) mass is 463 g/mol. The molecular weight excluding hydrogens is 434 g/mol. The summed E-state index contributed by atoms with van der Waals surface area (Å²) in [5.41, 5.74) is -0.307. The van der Waals surface area contributed by atoms with Crippen LogP contribution in [0.4, 0.5) is 5.69 Å². The summed E-state index contributed by atoms with van der Waals surface area (Å²) in [5.74, 6) is 0.115. The quantitative estimate of drug-likeness (QED) is 0.535. The Labute approximate surface area is 187 Å². The van der Waals surface area contributed by atoms with Crippen LogP contribution in [0, 0.1) is 6.92 Å². The van der Waals surface area contributed by atoms with Crippen molar-refractivity contribution >= 4 is 27.5 Å². The van der Waals surface area contributed by atoms with Gasteiger partial charge in [-0.25, -0.2) is 8.42 Å². The summed E-state index contributed by atoms with van der Waals surface area (Å²) in [5, 5.41) is 9.63. The Kier molecular flexibility index (Phi) is 7.29. The van der Waals surface area contributed by atoms with Crippen LogP contribution in [0.1, 0.15) is 64.1 Å². The van der Waals surface area contributed by atoms with Crippen LogP contribution in [0.25, 0.3) is 0 Å². The minimum Gasteiger partial charge on any atom is -0.342 e. The fourth-order valence-corrected chi connectivity index (χ4v) is 5.05. The Morgan fingerprint density at radius 1 is 1.09 bits per heavy atom. The second-order valence-electron chi connectivity index (χ2n) is 8.17. The van der Waals surface area contributed by atoms with Crippen LogP contribution in [0.2, 0.25) is 0 Å². The van der Waals surface area contributed by atoms with Gasteiger partial charge >= 0.3 is 0 Å². The molecule has 1 aliphatic rings. The first-order valence-corrected chi connectivity index (χ1v) is 12.1. The van der Waals surface area contributed by atoms with Crippen molar-refractivity contribution in [3.63, 3.8) is 0 Å². The molecule has 1 heterocycles. The average molecular weight is 464 g/mol. The fraction of sp³-hybridized carbons (Fsp3) is 0.524. The summed E-state index contributed by atoms with van der Waals surface area (Å²) < 4.78 is 33.1. The zero-order valence-corrected chi connectivity index (χ0v) is 19.3. The molecule has 0 bridgehead atoms. The third-order valence-corrected chi connectivity index (χ3v) is 7.04. The Morgan fingerprint density at radius 3 is 2.25 bits per heavy atom. The Bertz CT molecular complexity index is 1060. The number of carbonyl (C=O) groups excluding carboxylic acids is 2. The van der Waals surface area contributed by atoms with Crippen molar-refractivity contribution in [2.24, 2.45) is 0 Å². The number of anilines is 1. The van der Waals surface area contributed by atoms with E-state index in [1.807, 2.05) is 0 Å². The van der Waals surface area contributed by atoms with E-state index >= 15 is 0 Å². The Hall–Kier alpha value is -2.79. The average Bonchev–Trinajstić information content (AvgIpc) is 3.03. The predicted molar refractivity (Wildman–Crippen MR) is 117 cm³/mol. The molecule has 0 spiro atoms. The lowest BCUT2D eigenvalue weighted by molar-refractivity contribution is -0.124. The van der Waals surface area contributed by atoms with Gasteiger partial charge in [-0.2, -0.15) is 9.71 Å². The molecule has 2 aromatic rings. The molecule has 0 aliphatic heterocycles. The molecule has 2 amide bonds. The topological polar surface area (TPSA) is 143 Å². The molecule has 1 atom stereocenters. The van der Waals surface area contributed by atoms with E-state index < -0.39 is 27.5 Å². The highest BCUT2D eigenvalue weighted by Gasteiger charge is 2.40. The summed E-state index contributed by atoms with van der Waals surface area (Å²) in [4.78, 5) is 28.5. The highest BCUT2D eigenvalue weighted by atomic mass is 32.2. The number of benzene rings is 1. The van der Waals surface area contributed by atoms with Crippen molar-refractivity contribution < 1.29 is 22.5 Å². The molecule has 3 N–H and O–H groups in total. The summed E-state index contributed by atoms with van der Waals surface area (Å²) in [7, 11) is -3.95. The van der Waals surface area contributed by atoms with Crippen LogP contribution in [-0.4, -0.2) is 36.4 Å². The SMILES string of the molecule is CC(=O)Nc1ccc(S(=O)(=O)N[C@@H](C)C(=O)NC2(c3noc(C)n3)CCCCCC2)cc1. The first-order valence-electron chi connectivity index (χ1n) is 10.6. The first kappa shape index (κ1) is 23.9. The molecule has 10 nitrogen and oxygen atoms in total. The highest BCUT2D eigenvalue weighted by molar-refractivity contribution is 7.89. The fourth-order valence-electron chi connectivity index (χ4n) is 3.85. The molecule has 0 saturated heterocycles. The summed E-state index contributed by atoms with van der Waals surface area (Å²) in [6.07, 6.45) is 5.20. The zero-order chi connectivity index (χ0) is 23.4. The van der Waals surface area contributed by atoms with Gasteiger partial charge in [0.15, 0.2) is 5.82 Å². The molecule has 0 unspecified atom stereocenters. The van der Waals surface area contributed by atoms with Crippen molar-refractivity contribution in [1.29, 1.82) is 0 Å². The second kappa shape index (κ2) is 9.78. The molecule has 11 heteroatoms. The van der Waals surface area contributed by atoms with Crippen molar-refractivity contribution in [2.75, 3.05) is 5.32 Å². The molecule has 32 heavy (non-hydrogen) atoms. The number of hydrogen-bond donors (Lipinski definition) is 3. The lowest BCUT2D eigenvalue weighted by Gasteiger charge is -2.32. The molecular formula is C21H29N5O5S. The molecule has 1 fully saturated rings. The maximum Gasteiger partial charge on any atom is 0.241 e. The number of carbonyl (C=O) groups is 2. The van der Waals surface area contributed by atoms with Crippen molar-refractivity contribution in [2.45, 2.75) is 75.8 Å². The van der Waals surface area contributed by atoms with Gasteiger partial charge in [-0.1, -0.05) is 30.8 Å². The van der Waals surface area contributed by atoms with Crippen LogP contribution in [0.5, 0.6) is 0 Å². The number of aryl methyl sites for hydroxylation is 1. The van der Waals surface area contributed by atoms with E-state index in [1.165, 1.54) is 38.1 Å². The van der Waals surface area contributed by atoms with Gasteiger partial charge in [0.1, 0.15) is 5.54 Å². The highest BCUT2D eigenvalue weighted by Crippen LogP contribution is 2.34. The maximum absolute atomic E-state index is 13.0. The standard InChI is InChI=1S/C21H29N5O5S/c1-14(26-32(29,30)18-10-8-17(9-11-18)22-15(2)27)19(28)24-21(12-6-4-5-7-13-21)20-23-16(3)31-25-20/h8-11,14,26H,4-7,12-13H2,1-3H3,(H,22,27)(H,24,28)/t14-/m0/s1. The normalized spacial score (nSPS) is 17.2. The predicted octanol–water partition coefficient (Wildman–Crippen LogP) is 2.37. The number of sulfonamides is 1. The van der Waals surface area contributed by atoms with E-state index in [0.29, 0.717) is 30.2 Å². The molecule has 174 valence electrons. The Morgan fingerprint density at radius 2 is 1.72 bits per heavy atom. The number of nitrogens with one attached hydrogen (secondary N) is 3. The van der Waals surface area contributed by atoms with Crippen LogP contribution in [0.15, 0.2) is 33.7 Å². The summed E-state index contributed by atoms with van der Waals surface area (Å²) >= 11 is 0. The van der Waals surface area contributed by atoms with E-state index in [-0.39, 0.29) is 10.8 Å². The van der Waals surface area contributed by atoms with Crippen LogP contribution < -0.4 is 15.4 Å². The lowest BCUT2D eigenvalue weighted by atomic mass is 9.89. The molecule has 1 aromatic carbocycles. The number of aromatic nitrogens is 2. The van der Waals surface area contributed by atoms with E-state index in [1.54, 1.807) is 6.92 Å². The number of nitrogens with zero attached hydrogens (tertiary/aromatic N) is 2. The van der Waals surface area contributed by atoms with Crippen LogP contribution in [-0.2, 0) is 25.2 Å². The van der Waals surface area contributed by atoms with Gasteiger partial charge in [0.2, 0.25) is 27.7 Å². The second-order valence-corrected chi connectivity index (χ2v) is 9.89. The minimum absolute atomic E-state index is 0.00998. The lowest BCUT2D eigenvalue weighted by Crippen LogP contribution is -2.53. The van der Waals surface area contributed by atoms with Gasteiger partial charge < -0.3 is 15.2 Å². The van der Waals surface area contributed by atoms with Gasteiger partial charge in [0, 0.05) is 19.5 Å². The number of amides is 2. The van der Waals surface area contributed by atoms with E-state index in [2.05, 4.69) is 25.5 Å². The molecule has 1 saturated carbocycles. The Balaban J connectivity index is 1.74.